The number of ether oxygens (including phenoxy) is 1. The highest BCUT2D eigenvalue weighted by Crippen LogP contribution is 2.42. The van der Waals surface area contributed by atoms with Crippen LogP contribution in [-0.4, -0.2) is 38.1 Å². The molecule has 1 aromatic carbocycles. The summed E-state index contributed by atoms with van der Waals surface area (Å²) in [6, 6.07) is 12.6. The quantitative estimate of drug-likeness (QED) is 0.338. The van der Waals surface area contributed by atoms with Crippen LogP contribution >= 0.6 is 12.2 Å². The Morgan fingerprint density at radius 3 is 2.66 bits per heavy atom. The van der Waals surface area contributed by atoms with Gasteiger partial charge in [0.25, 0.3) is 5.69 Å². The molecule has 0 aliphatic carbocycles. The maximum atomic E-state index is 11.8. The van der Waals surface area contributed by atoms with Gasteiger partial charge in [-0.1, -0.05) is 6.07 Å². The fourth-order valence-corrected chi connectivity index (χ4v) is 4.88. The van der Waals surface area contributed by atoms with Crippen LogP contribution in [-0.2, 0) is 0 Å². The van der Waals surface area contributed by atoms with Gasteiger partial charge in [-0.15, -0.1) is 0 Å². The highest BCUT2D eigenvalue weighted by atomic mass is 32.1. The molecule has 3 heterocycles. The molecule has 1 aliphatic rings. The second-order valence-electron chi connectivity index (χ2n) is 7.69. The van der Waals surface area contributed by atoms with Gasteiger partial charge in [-0.05, 0) is 68.9 Å². The lowest BCUT2D eigenvalue weighted by Crippen LogP contribution is -2.29. The molecule has 2 atom stereocenters. The van der Waals surface area contributed by atoms with Crippen LogP contribution in [0.5, 0.6) is 5.75 Å². The number of likely N-dealkylation sites (N-methyl/N-ethyl adjacent to an activating group) is 1. The average Bonchev–Trinajstić information content (AvgIpc) is 3.28. The molecule has 0 bridgehead atoms. The minimum absolute atomic E-state index is 0.00797. The van der Waals surface area contributed by atoms with E-state index >= 15 is 0 Å². The molecule has 0 spiro atoms. The summed E-state index contributed by atoms with van der Waals surface area (Å²) in [6.07, 6.45) is 1.77. The third kappa shape index (κ3) is 3.58. The van der Waals surface area contributed by atoms with Crippen molar-refractivity contribution in [3.8, 4) is 11.4 Å². The maximum absolute atomic E-state index is 11.8. The van der Waals surface area contributed by atoms with Crippen molar-refractivity contribution in [2.45, 2.75) is 32.9 Å². The summed E-state index contributed by atoms with van der Waals surface area (Å²) >= 11 is 5.63. The zero-order chi connectivity index (χ0) is 23.0. The first kappa shape index (κ1) is 21.8. The number of rotatable bonds is 6. The minimum atomic E-state index is -0.377. The van der Waals surface area contributed by atoms with Gasteiger partial charge in [0.2, 0.25) is 0 Å². The highest BCUT2D eigenvalue weighted by Gasteiger charge is 2.40. The van der Waals surface area contributed by atoms with Crippen molar-refractivity contribution in [1.29, 1.82) is 0 Å². The fourth-order valence-electron chi connectivity index (χ4n) is 4.51. The highest BCUT2D eigenvalue weighted by molar-refractivity contribution is 7.80. The number of nitrogens with one attached hydrogen (secondary N) is 1. The van der Waals surface area contributed by atoms with Crippen LogP contribution in [0.4, 0.5) is 5.69 Å². The number of aromatic nitrogens is 2. The number of benzene rings is 1. The van der Waals surface area contributed by atoms with E-state index < -0.39 is 0 Å². The zero-order valence-electron chi connectivity index (χ0n) is 18.4. The number of hydrogen-bond donors (Lipinski definition) is 1. The number of pyridine rings is 1. The molecule has 0 saturated carbocycles. The lowest BCUT2D eigenvalue weighted by molar-refractivity contribution is -0.384. The number of nitro benzene ring substituents is 1. The van der Waals surface area contributed by atoms with E-state index in [-0.39, 0.29) is 22.7 Å². The summed E-state index contributed by atoms with van der Waals surface area (Å²) in [5.74, 6) is 0.445. The van der Waals surface area contributed by atoms with Gasteiger partial charge < -0.3 is 19.5 Å². The van der Waals surface area contributed by atoms with E-state index in [1.165, 1.54) is 13.2 Å². The SMILES string of the molecule is CCN1C(=S)N[C@@H](c2ccccn2)[C@@H]1c1cc(C)n(-c2ccc(OC)cc2[N+](=O)[O-])c1C. The van der Waals surface area contributed by atoms with E-state index in [1.54, 1.807) is 18.3 Å². The van der Waals surface area contributed by atoms with Crippen LogP contribution in [0.15, 0.2) is 48.7 Å². The number of hydrogen-bond acceptors (Lipinski definition) is 5. The average molecular weight is 452 g/mol. The molecule has 32 heavy (non-hydrogen) atoms. The van der Waals surface area contributed by atoms with Crippen LogP contribution in [0.25, 0.3) is 5.69 Å². The third-order valence-electron chi connectivity index (χ3n) is 5.95. The molecule has 0 unspecified atom stereocenters. The molecule has 1 saturated heterocycles. The minimum Gasteiger partial charge on any atom is -0.496 e. The molecular weight excluding hydrogens is 426 g/mol. The van der Waals surface area contributed by atoms with Gasteiger partial charge in [-0.3, -0.25) is 15.1 Å². The van der Waals surface area contributed by atoms with Gasteiger partial charge in [0.15, 0.2) is 5.11 Å². The van der Waals surface area contributed by atoms with Crippen molar-refractivity contribution < 1.29 is 9.66 Å². The Bertz CT molecular complexity index is 1180. The number of nitro groups is 1. The number of nitrogens with zero attached hydrogens (tertiary/aromatic N) is 4. The Morgan fingerprint density at radius 2 is 2.03 bits per heavy atom. The molecule has 3 aromatic rings. The summed E-state index contributed by atoms with van der Waals surface area (Å²) in [5.41, 5.74) is 4.27. The van der Waals surface area contributed by atoms with Crippen LogP contribution in [0.2, 0.25) is 0 Å². The third-order valence-corrected chi connectivity index (χ3v) is 6.30. The van der Waals surface area contributed by atoms with Crippen molar-refractivity contribution >= 4 is 23.0 Å². The van der Waals surface area contributed by atoms with Crippen LogP contribution in [0, 0.1) is 24.0 Å². The predicted octanol–water partition coefficient (Wildman–Crippen LogP) is 4.40. The predicted molar refractivity (Wildman–Crippen MR) is 126 cm³/mol. The van der Waals surface area contributed by atoms with Crippen molar-refractivity contribution in [1.82, 2.24) is 19.8 Å². The standard InChI is InChI=1S/C23H25N5O3S/c1-5-26-22(21(25-23(26)32)18-8-6-7-11-24-18)17-12-14(2)27(15(17)3)19-10-9-16(31-4)13-20(19)28(29)30/h6-13,21-22H,5H2,1-4H3,(H,25,32)/t21-,22-/m0/s1. The van der Waals surface area contributed by atoms with E-state index in [4.69, 9.17) is 17.0 Å². The second-order valence-corrected chi connectivity index (χ2v) is 8.07. The van der Waals surface area contributed by atoms with Gasteiger partial charge in [-0.2, -0.15) is 0 Å². The Hall–Kier alpha value is -3.46. The van der Waals surface area contributed by atoms with E-state index in [1.807, 2.05) is 36.6 Å². The molecule has 4 rings (SSSR count). The van der Waals surface area contributed by atoms with Crippen molar-refractivity contribution in [2.24, 2.45) is 0 Å². The van der Waals surface area contributed by atoms with Gasteiger partial charge in [0.05, 0.1) is 35.9 Å². The first-order chi connectivity index (χ1) is 15.4. The lowest BCUT2D eigenvalue weighted by Gasteiger charge is -2.27. The number of aryl methyl sites for hydroxylation is 1. The Morgan fingerprint density at radius 1 is 1.25 bits per heavy atom. The molecule has 8 nitrogen and oxygen atoms in total. The maximum Gasteiger partial charge on any atom is 0.296 e. The first-order valence-electron chi connectivity index (χ1n) is 10.4. The fraction of sp³-hybridized carbons (Fsp3) is 0.304. The summed E-state index contributed by atoms with van der Waals surface area (Å²) in [6.45, 7) is 6.74. The molecule has 1 aliphatic heterocycles. The molecule has 0 amide bonds. The number of methoxy groups -OCH3 is 1. The van der Waals surface area contributed by atoms with Gasteiger partial charge in [-0.25, -0.2) is 0 Å². The summed E-state index contributed by atoms with van der Waals surface area (Å²) < 4.78 is 7.12. The Balaban J connectivity index is 1.87. The van der Waals surface area contributed by atoms with Crippen molar-refractivity contribution in [3.63, 3.8) is 0 Å². The van der Waals surface area contributed by atoms with Gasteiger partial charge in [0.1, 0.15) is 11.4 Å². The molecule has 2 aromatic heterocycles. The zero-order valence-corrected chi connectivity index (χ0v) is 19.2. The van der Waals surface area contributed by atoms with E-state index in [2.05, 4.69) is 28.2 Å². The molecule has 9 heteroatoms. The molecular formula is C23H25N5O3S. The van der Waals surface area contributed by atoms with Crippen LogP contribution in [0.1, 0.15) is 41.7 Å². The van der Waals surface area contributed by atoms with E-state index in [0.717, 1.165) is 29.2 Å². The van der Waals surface area contributed by atoms with Crippen molar-refractivity contribution in [3.05, 3.63) is 81.4 Å². The Labute approximate surface area is 192 Å². The van der Waals surface area contributed by atoms with E-state index in [0.29, 0.717) is 16.5 Å². The van der Waals surface area contributed by atoms with Gasteiger partial charge in [0, 0.05) is 24.1 Å². The van der Waals surface area contributed by atoms with Gasteiger partial charge >= 0.3 is 0 Å². The van der Waals surface area contributed by atoms with Crippen LogP contribution < -0.4 is 10.1 Å². The summed E-state index contributed by atoms with van der Waals surface area (Å²) in [7, 11) is 1.50. The first-order valence-corrected chi connectivity index (χ1v) is 10.8. The Kier molecular flexibility index (Phi) is 5.84. The summed E-state index contributed by atoms with van der Waals surface area (Å²) in [5, 5.41) is 15.9. The lowest BCUT2D eigenvalue weighted by atomic mass is 9.97. The normalized spacial score (nSPS) is 18.0. The van der Waals surface area contributed by atoms with Crippen LogP contribution in [0.3, 0.4) is 0 Å². The molecule has 1 fully saturated rings. The monoisotopic (exact) mass is 451 g/mol. The number of thiocarbonyl (C=S) groups is 1. The molecule has 166 valence electrons. The largest absolute Gasteiger partial charge is 0.496 e. The summed E-state index contributed by atoms with van der Waals surface area (Å²) in [4.78, 5) is 18.1. The molecule has 1 N–H and O–H groups in total. The topological polar surface area (TPSA) is 85.5 Å². The van der Waals surface area contributed by atoms with Crippen molar-refractivity contribution in [2.75, 3.05) is 13.7 Å². The smallest absolute Gasteiger partial charge is 0.296 e. The molecule has 0 radical (unpaired) electrons. The second kappa shape index (κ2) is 8.58. The van der Waals surface area contributed by atoms with E-state index in [9.17, 15) is 10.1 Å².